The summed E-state index contributed by atoms with van der Waals surface area (Å²) in [6.07, 6.45) is 3.56. The average molecular weight is 330 g/mol. The predicted octanol–water partition coefficient (Wildman–Crippen LogP) is 3.60. The highest BCUT2D eigenvalue weighted by atomic mass is 35.5. The number of rotatable bonds is 9. The second kappa shape index (κ2) is 10.5. The van der Waals surface area contributed by atoms with Crippen molar-refractivity contribution in [3.8, 4) is 11.5 Å². The Hall–Kier alpha value is -1.26. The zero-order valence-corrected chi connectivity index (χ0v) is 15.1. The molecule has 0 atom stereocenters. The van der Waals surface area contributed by atoms with Crippen molar-refractivity contribution in [2.24, 2.45) is 0 Å². The largest absolute Gasteiger partial charge is 0.493 e. The first kappa shape index (κ1) is 20.7. The third kappa shape index (κ3) is 5.85. The van der Waals surface area contributed by atoms with Crippen molar-refractivity contribution < 1.29 is 14.3 Å². The lowest BCUT2D eigenvalue weighted by atomic mass is 9.96. The van der Waals surface area contributed by atoms with Crippen LogP contribution in [0.3, 0.4) is 0 Å². The van der Waals surface area contributed by atoms with E-state index >= 15 is 0 Å². The number of halogens is 1. The van der Waals surface area contributed by atoms with E-state index in [9.17, 15) is 4.79 Å². The molecule has 1 aromatic carbocycles. The van der Waals surface area contributed by atoms with Gasteiger partial charge in [0.1, 0.15) is 0 Å². The SMILES string of the molecule is CCCCc1cc(OC)c(OC)cc1C(=O)CCN(C)C.Cl. The van der Waals surface area contributed by atoms with Crippen LogP contribution >= 0.6 is 12.4 Å². The molecule has 0 aliphatic heterocycles. The van der Waals surface area contributed by atoms with Crippen LogP contribution in [0.2, 0.25) is 0 Å². The Balaban J connectivity index is 0.00000441. The van der Waals surface area contributed by atoms with Gasteiger partial charge in [-0.05, 0) is 44.6 Å². The fourth-order valence-corrected chi connectivity index (χ4v) is 2.21. The first-order valence-corrected chi connectivity index (χ1v) is 7.46. The number of carbonyl (C=O) groups excluding carboxylic acids is 1. The number of nitrogens with zero attached hydrogens (tertiary/aromatic N) is 1. The maximum absolute atomic E-state index is 12.5. The molecule has 1 rings (SSSR count). The molecule has 0 heterocycles. The number of carbonyl (C=O) groups is 1. The quantitative estimate of drug-likeness (QED) is 0.649. The van der Waals surface area contributed by atoms with Crippen LogP contribution in [-0.4, -0.2) is 45.5 Å². The molecule has 0 radical (unpaired) electrons. The van der Waals surface area contributed by atoms with Crippen LogP contribution in [-0.2, 0) is 6.42 Å². The molecule has 0 amide bonds. The van der Waals surface area contributed by atoms with Crippen LogP contribution in [0.4, 0.5) is 0 Å². The highest BCUT2D eigenvalue weighted by molar-refractivity contribution is 5.98. The van der Waals surface area contributed by atoms with E-state index in [0.29, 0.717) is 17.9 Å². The van der Waals surface area contributed by atoms with E-state index < -0.39 is 0 Å². The van der Waals surface area contributed by atoms with Crippen LogP contribution in [0.1, 0.15) is 42.1 Å². The van der Waals surface area contributed by atoms with E-state index in [0.717, 1.165) is 36.9 Å². The average Bonchev–Trinajstić information content (AvgIpc) is 2.49. The molecule has 0 bridgehead atoms. The molecule has 22 heavy (non-hydrogen) atoms. The van der Waals surface area contributed by atoms with E-state index in [-0.39, 0.29) is 18.2 Å². The van der Waals surface area contributed by atoms with E-state index in [1.807, 2.05) is 31.1 Å². The molecule has 0 N–H and O–H groups in total. The van der Waals surface area contributed by atoms with E-state index in [1.54, 1.807) is 14.2 Å². The molecule has 0 saturated carbocycles. The number of hydrogen-bond donors (Lipinski definition) is 0. The van der Waals surface area contributed by atoms with Gasteiger partial charge in [0.15, 0.2) is 17.3 Å². The molecule has 4 nitrogen and oxygen atoms in total. The second-order valence-electron chi connectivity index (χ2n) is 5.44. The molecule has 0 fully saturated rings. The molecule has 5 heteroatoms. The van der Waals surface area contributed by atoms with Crippen molar-refractivity contribution in [2.75, 3.05) is 34.9 Å². The molecular formula is C17H28ClNO3. The first-order chi connectivity index (χ1) is 10.0. The number of methoxy groups -OCH3 is 2. The number of Topliss-reactive ketones (excluding diaryl/α,β-unsaturated/α-hetero) is 1. The highest BCUT2D eigenvalue weighted by Gasteiger charge is 2.16. The number of aryl methyl sites for hydroxylation is 1. The molecule has 0 spiro atoms. The summed E-state index contributed by atoms with van der Waals surface area (Å²) in [6, 6.07) is 3.76. The molecule has 0 aromatic heterocycles. The van der Waals surface area contributed by atoms with E-state index in [4.69, 9.17) is 9.47 Å². The van der Waals surface area contributed by atoms with Crippen molar-refractivity contribution in [3.05, 3.63) is 23.3 Å². The van der Waals surface area contributed by atoms with Gasteiger partial charge in [-0.2, -0.15) is 0 Å². The Morgan fingerprint density at radius 1 is 1.14 bits per heavy atom. The Kier molecular flexibility index (Phi) is 9.86. The summed E-state index contributed by atoms with van der Waals surface area (Å²) in [5.41, 5.74) is 1.82. The van der Waals surface area contributed by atoms with Crippen molar-refractivity contribution >= 4 is 18.2 Å². The number of ether oxygens (including phenoxy) is 2. The van der Waals surface area contributed by atoms with Gasteiger partial charge in [0, 0.05) is 18.5 Å². The van der Waals surface area contributed by atoms with Crippen molar-refractivity contribution in [3.63, 3.8) is 0 Å². The first-order valence-electron chi connectivity index (χ1n) is 7.46. The second-order valence-corrected chi connectivity index (χ2v) is 5.44. The lowest BCUT2D eigenvalue weighted by Crippen LogP contribution is -2.17. The van der Waals surface area contributed by atoms with Crippen LogP contribution in [0.5, 0.6) is 11.5 Å². The van der Waals surface area contributed by atoms with Gasteiger partial charge in [-0.3, -0.25) is 4.79 Å². The smallest absolute Gasteiger partial charge is 0.164 e. The third-order valence-electron chi connectivity index (χ3n) is 3.50. The summed E-state index contributed by atoms with van der Waals surface area (Å²) < 4.78 is 10.7. The minimum absolute atomic E-state index is 0. The standard InChI is InChI=1S/C17H27NO3.ClH/c1-6-7-8-13-11-16(20-4)17(21-5)12-14(13)15(19)9-10-18(2)3;/h11-12H,6-10H2,1-5H3;1H. The van der Waals surface area contributed by atoms with Gasteiger partial charge in [0.25, 0.3) is 0 Å². The van der Waals surface area contributed by atoms with Gasteiger partial charge < -0.3 is 14.4 Å². The minimum Gasteiger partial charge on any atom is -0.493 e. The Bertz CT molecular complexity index is 475. The van der Waals surface area contributed by atoms with E-state index in [1.165, 1.54) is 0 Å². The van der Waals surface area contributed by atoms with Crippen molar-refractivity contribution in [1.29, 1.82) is 0 Å². The molecule has 0 saturated heterocycles. The van der Waals surface area contributed by atoms with Gasteiger partial charge in [-0.1, -0.05) is 13.3 Å². The topological polar surface area (TPSA) is 38.8 Å². The van der Waals surface area contributed by atoms with Gasteiger partial charge in [-0.15, -0.1) is 12.4 Å². The van der Waals surface area contributed by atoms with Crippen molar-refractivity contribution in [2.45, 2.75) is 32.6 Å². The minimum atomic E-state index is 0. The van der Waals surface area contributed by atoms with Crippen molar-refractivity contribution in [1.82, 2.24) is 4.90 Å². The normalized spacial score (nSPS) is 10.3. The number of ketones is 1. The third-order valence-corrected chi connectivity index (χ3v) is 3.50. The van der Waals surface area contributed by atoms with Gasteiger partial charge in [0.05, 0.1) is 14.2 Å². The van der Waals surface area contributed by atoms with Gasteiger partial charge in [-0.25, -0.2) is 0 Å². The molecule has 0 unspecified atom stereocenters. The Labute approximate surface area is 140 Å². The zero-order chi connectivity index (χ0) is 15.8. The zero-order valence-electron chi connectivity index (χ0n) is 14.3. The lowest BCUT2D eigenvalue weighted by Gasteiger charge is -2.15. The lowest BCUT2D eigenvalue weighted by molar-refractivity contribution is 0.0971. The maximum Gasteiger partial charge on any atom is 0.164 e. The molecule has 0 aliphatic rings. The molecule has 1 aromatic rings. The maximum atomic E-state index is 12.5. The van der Waals surface area contributed by atoms with Crippen LogP contribution in [0, 0.1) is 0 Å². The number of unbranched alkanes of at least 4 members (excludes halogenated alkanes) is 1. The van der Waals surface area contributed by atoms with Gasteiger partial charge >= 0.3 is 0 Å². The predicted molar refractivity (Wildman–Crippen MR) is 92.9 cm³/mol. The summed E-state index contributed by atoms with van der Waals surface area (Å²) in [6.45, 7) is 2.90. The monoisotopic (exact) mass is 329 g/mol. The summed E-state index contributed by atoms with van der Waals surface area (Å²) in [5, 5.41) is 0. The van der Waals surface area contributed by atoms with Crippen LogP contribution < -0.4 is 9.47 Å². The van der Waals surface area contributed by atoms with Crippen LogP contribution in [0.25, 0.3) is 0 Å². The summed E-state index contributed by atoms with van der Waals surface area (Å²) in [5.74, 6) is 1.47. The Morgan fingerprint density at radius 2 is 1.73 bits per heavy atom. The molecule has 126 valence electrons. The number of benzene rings is 1. The fraction of sp³-hybridized carbons (Fsp3) is 0.588. The fourth-order valence-electron chi connectivity index (χ4n) is 2.21. The summed E-state index contributed by atoms with van der Waals surface area (Å²) >= 11 is 0. The summed E-state index contributed by atoms with van der Waals surface area (Å²) in [7, 11) is 7.16. The van der Waals surface area contributed by atoms with Gasteiger partial charge in [0.2, 0.25) is 0 Å². The number of hydrogen-bond acceptors (Lipinski definition) is 4. The van der Waals surface area contributed by atoms with Crippen LogP contribution in [0.15, 0.2) is 12.1 Å². The Morgan fingerprint density at radius 3 is 2.23 bits per heavy atom. The summed E-state index contributed by atoms with van der Waals surface area (Å²) in [4.78, 5) is 14.5. The van der Waals surface area contributed by atoms with E-state index in [2.05, 4.69) is 6.92 Å². The molecule has 0 aliphatic carbocycles. The molecular weight excluding hydrogens is 302 g/mol. The highest BCUT2D eigenvalue weighted by Crippen LogP contribution is 2.32.